The maximum Gasteiger partial charge on any atom is 0.0944 e. The van der Waals surface area contributed by atoms with Gasteiger partial charge in [-0.2, -0.15) is 5.10 Å². The van der Waals surface area contributed by atoms with Gasteiger partial charge in [0.2, 0.25) is 0 Å². The molecule has 3 aromatic heterocycles. The summed E-state index contributed by atoms with van der Waals surface area (Å²) < 4.78 is 6.68. The molecule has 73 heavy (non-hydrogen) atoms. The highest BCUT2D eigenvalue weighted by atomic mass is 35.5. The fourth-order valence-electron chi connectivity index (χ4n) is 11.2. The summed E-state index contributed by atoms with van der Waals surface area (Å²) >= 11 is 13.6. The predicted molar refractivity (Wildman–Crippen MR) is 303 cm³/mol. The SMILES string of the molecule is CC(NCCCn1cc(-c2ccc(CCN)cc2)c2cc(CN3CCN(Cc4ccccc4Cl)CC3)ccc21)c1cccc(Cl)c1CN1CCN(Cc2ccc3c(c2)c(-c2ccn(C)n2)cn3CCCN)CC1. The minimum absolute atomic E-state index is 0.163. The molecule has 0 amide bonds. The lowest BCUT2D eigenvalue weighted by Crippen LogP contribution is -2.45. The Morgan fingerprint density at radius 1 is 0.589 bits per heavy atom. The second kappa shape index (κ2) is 23.9. The van der Waals surface area contributed by atoms with Crippen LogP contribution in [0, 0.1) is 0 Å². The monoisotopic (exact) mass is 1020 g/mol. The van der Waals surface area contributed by atoms with Crippen molar-refractivity contribution < 1.29 is 0 Å². The van der Waals surface area contributed by atoms with Crippen LogP contribution in [0.5, 0.6) is 0 Å². The van der Waals surface area contributed by atoms with Gasteiger partial charge in [0.1, 0.15) is 0 Å². The van der Waals surface area contributed by atoms with E-state index in [4.69, 9.17) is 39.8 Å². The molecule has 2 aliphatic rings. The molecule has 382 valence electrons. The molecular formula is C60H73Cl2N11. The Bertz CT molecular complexity index is 3080. The number of nitrogens with zero attached hydrogens (tertiary/aromatic N) is 8. The van der Waals surface area contributed by atoms with E-state index in [0.717, 1.165) is 133 Å². The molecular weight excluding hydrogens is 946 g/mol. The van der Waals surface area contributed by atoms with Crippen molar-refractivity contribution in [2.75, 3.05) is 72.0 Å². The van der Waals surface area contributed by atoms with E-state index in [1.54, 1.807) is 0 Å². The Morgan fingerprint density at radius 2 is 1.16 bits per heavy atom. The number of fused-ring (bicyclic) bond motifs is 2. The number of aryl methyl sites for hydroxylation is 3. The molecule has 5 N–H and O–H groups in total. The molecule has 10 rings (SSSR count). The van der Waals surface area contributed by atoms with Crippen molar-refractivity contribution in [3.63, 3.8) is 0 Å². The molecule has 0 radical (unpaired) electrons. The highest BCUT2D eigenvalue weighted by Crippen LogP contribution is 2.34. The molecule has 0 bridgehead atoms. The molecule has 2 aliphatic heterocycles. The van der Waals surface area contributed by atoms with Crippen LogP contribution < -0.4 is 16.8 Å². The highest BCUT2D eigenvalue weighted by molar-refractivity contribution is 6.31. The Labute approximate surface area is 442 Å². The molecule has 8 aromatic rings. The number of nitrogens with one attached hydrogen (secondary N) is 1. The Balaban J connectivity index is 0.752. The zero-order valence-corrected chi connectivity index (χ0v) is 44.3. The smallest absolute Gasteiger partial charge is 0.0944 e. The van der Waals surface area contributed by atoms with E-state index < -0.39 is 0 Å². The van der Waals surface area contributed by atoms with E-state index in [0.29, 0.717) is 13.1 Å². The van der Waals surface area contributed by atoms with Gasteiger partial charge in [-0.1, -0.05) is 89.9 Å². The molecule has 2 fully saturated rings. The molecule has 1 unspecified atom stereocenters. The van der Waals surface area contributed by atoms with E-state index in [1.807, 2.05) is 30.1 Å². The standard InChI is InChI=1S/C60H73Cl2N11/c1-44(50-9-5-11-57(62)54(50)41-71-34-30-69(31-35-71)39-47-15-19-60-52(37-47)55(43-72(60)25-6-22-63)58-21-27-67(2)66-58)65-24-7-26-73-42-53(48-16-12-45(13-17-48)20-23-64)51-36-46(14-18-59(51)73)38-68-28-32-70(33-29-68)40-49-8-3-4-10-56(49)61/h3-5,8-19,21,27,36-37,42-44,65H,6-7,20,22-26,28-35,38-41,63-64H2,1-2H3. The maximum atomic E-state index is 7.05. The summed E-state index contributed by atoms with van der Waals surface area (Å²) in [6.07, 6.45) is 9.47. The number of piperazine rings is 2. The molecule has 0 aliphatic carbocycles. The second-order valence-electron chi connectivity index (χ2n) is 20.5. The number of aromatic nitrogens is 4. The third-order valence-electron chi connectivity index (χ3n) is 15.3. The fourth-order valence-corrected chi connectivity index (χ4v) is 11.6. The van der Waals surface area contributed by atoms with Gasteiger partial charge in [0.25, 0.3) is 0 Å². The van der Waals surface area contributed by atoms with Gasteiger partial charge < -0.3 is 25.9 Å². The van der Waals surface area contributed by atoms with Crippen molar-refractivity contribution in [1.29, 1.82) is 0 Å². The van der Waals surface area contributed by atoms with Crippen LogP contribution in [0.3, 0.4) is 0 Å². The summed E-state index contributed by atoms with van der Waals surface area (Å²) in [5.41, 5.74) is 26.7. The summed E-state index contributed by atoms with van der Waals surface area (Å²) in [6, 6.07) is 40.0. The number of rotatable bonds is 21. The second-order valence-corrected chi connectivity index (χ2v) is 21.3. The summed E-state index contributed by atoms with van der Waals surface area (Å²) in [5, 5.41) is 12.9. The van der Waals surface area contributed by atoms with Gasteiger partial charge in [-0.25, -0.2) is 0 Å². The third kappa shape index (κ3) is 12.3. The molecule has 0 spiro atoms. The number of benzene rings is 5. The summed E-state index contributed by atoms with van der Waals surface area (Å²) in [5.74, 6) is 0. The summed E-state index contributed by atoms with van der Waals surface area (Å²) in [7, 11) is 1.98. The lowest BCUT2D eigenvalue weighted by Gasteiger charge is -2.35. The van der Waals surface area contributed by atoms with Gasteiger partial charge in [0.15, 0.2) is 0 Å². The first kappa shape index (κ1) is 51.2. The predicted octanol–water partition coefficient (Wildman–Crippen LogP) is 10.2. The van der Waals surface area contributed by atoms with Gasteiger partial charge >= 0.3 is 0 Å². The molecule has 1 atom stereocenters. The van der Waals surface area contributed by atoms with Gasteiger partial charge in [-0.3, -0.25) is 24.3 Å². The quantitative estimate of drug-likeness (QED) is 0.0612. The molecule has 5 heterocycles. The summed E-state index contributed by atoms with van der Waals surface area (Å²) in [4.78, 5) is 10.3. The van der Waals surface area contributed by atoms with E-state index in [9.17, 15) is 0 Å². The van der Waals surface area contributed by atoms with Gasteiger partial charge in [0, 0.05) is 166 Å². The lowest BCUT2D eigenvalue weighted by molar-refractivity contribution is 0.121. The molecule has 13 heteroatoms. The molecule has 0 saturated carbocycles. The van der Waals surface area contributed by atoms with Gasteiger partial charge in [0.05, 0.1) is 5.69 Å². The van der Waals surface area contributed by atoms with E-state index in [-0.39, 0.29) is 6.04 Å². The van der Waals surface area contributed by atoms with Crippen LogP contribution in [-0.2, 0) is 52.7 Å². The summed E-state index contributed by atoms with van der Waals surface area (Å²) in [6.45, 7) is 18.1. The zero-order chi connectivity index (χ0) is 50.3. The van der Waals surface area contributed by atoms with E-state index >= 15 is 0 Å². The van der Waals surface area contributed by atoms with Crippen molar-refractivity contribution in [2.45, 2.75) is 71.5 Å². The van der Waals surface area contributed by atoms with Crippen molar-refractivity contribution in [3.8, 4) is 22.4 Å². The molecule has 5 aromatic carbocycles. The van der Waals surface area contributed by atoms with Gasteiger partial charge in [-0.15, -0.1) is 0 Å². The average Bonchev–Trinajstić information content (AvgIpc) is 4.11. The topological polar surface area (TPSA) is 105 Å². The normalized spacial score (nSPS) is 15.8. The molecule has 2 saturated heterocycles. The van der Waals surface area contributed by atoms with Crippen molar-refractivity contribution in [2.24, 2.45) is 18.5 Å². The average molecular weight is 1020 g/mol. The zero-order valence-electron chi connectivity index (χ0n) is 42.8. The number of nitrogens with two attached hydrogens (primary N) is 2. The lowest BCUT2D eigenvalue weighted by atomic mass is 10.00. The largest absolute Gasteiger partial charge is 0.347 e. The number of halogens is 2. The van der Waals surface area contributed by atoms with Crippen molar-refractivity contribution in [1.82, 2.24) is 43.8 Å². The Kier molecular flexibility index (Phi) is 16.8. The minimum atomic E-state index is 0.163. The number of hydrogen-bond donors (Lipinski definition) is 3. The van der Waals surface area contributed by atoms with Crippen LogP contribution in [0.15, 0.2) is 128 Å². The minimum Gasteiger partial charge on any atom is -0.347 e. The van der Waals surface area contributed by atoms with Crippen LogP contribution in [0.25, 0.3) is 44.2 Å². The highest BCUT2D eigenvalue weighted by Gasteiger charge is 2.23. The first-order valence-electron chi connectivity index (χ1n) is 26.6. The first-order chi connectivity index (χ1) is 35.7. The number of hydrogen-bond acceptors (Lipinski definition) is 8. The Morgan fingerprint density at radius 3 is 1.78 bits per heavy atom. The van der Waals surface area contributed by atoms with Gasteiger partial charge in [-0.05, 0) is 127 Å². The van der Waals surface area contributed by atoms with Crippen LogP contribution in [0.4, 0.5) is 0 Å². The maximum absolute atomic E-state index is 7.05. The first-order valence-corrected chi connectivity index (χ1v) is 27.3. The third-order valence-corrected chi connectivity index (χ3v) is 16.0. The van der Waals surface area contributed by atoms with Crippen LogP contribution in [0.2, 0.25) is 10.0 Å². The van der Waals surface area contributed by atoms with Crippen molar-refractivity contribution in [3.05, 3.63) is 171 Å². The fraction of sp³-hybridized carbons (Fsp3) is 0.383. The molecule has 11 nitrogen and oxygen atoms in total. The van der Waals surface area contributed by atoms with Crippen LogP contribution in [0.1, 0.15) is 59.2 Å². The van der Waals surface area contributed by atoms with E-state index in [2.05, 4.69) is 150 Å². The van der Waals surface area contributed by atoms with E-state index in [1.165, 1.54) is 71.9 Å². The van der Waals surface area contributed by atoms with Crippen molar-refractivity contribution >= 4 is 45.0 Å². The Hall–Kier alpha value is -5.31. The van der Waals surface area contributed by atoms with Crippen LogP contribution in [-0.4, -0.2) is 111 Å². The van der Waals surface area contributed by atoms with Crippen LogP contribution >= 0.6 is 23.2 Å².